The number of aryl methyl sites for hydroxylation is 3. The molecule has 0 atom stereocenters. The van der Waals surface area contributed by atoms with E-state index < -0.39 is 0 Å². The molecule has 2 amide bonds. The van der Waals surface area contributed by atoms with Gasteiger partial charge in [0, 0.05) is 36.3 Å². The predicted octanol–water partition coefficient (Wildman–Crippen LogP) is 3.32. The number of carbonyl (C=O) groups is 2. The van der Waals surface area contributed by atoms with E-state index in [1.807, 2.05) is 26.0 Å². The summed E-state index contributed by atoms with van der Waals surface area (Å²) in [5, 5.41) is 4.10. The maximum Gasteiger partial charge on any atom is 0.291 e. The number of amides is 2. The number of morpholine rings is 1. The predicted molar refractivity (Wildman–Crippen MR) is 130 cm³/mol. The summed E-state index contributed by atoms with van der Waals surface area (Å²) in [6.07, 6.45) is 1.52. The molecule has 9 nitrogen and oxygen atoms in total. The highest BCUT2D eigenvalue weighted by Gasteiger charge is 2.27. The van der Waals surface area contributed by atoms with E-state index in [4.69, 9.17) is 9.15 Å². The van der Waals surface area contributed by atoms with Crippen molar-refractivity contribution < 1.29 is 18.7 Å². The Hall–Kier alpha value is -3.50. The third kappa shape index (κ3) is 3.99. The minimum atomic E-state index is -0.326. The smallest absolute Gasteiger partial charge is 0.291 e. The first-order chi connectivity index (χ1) is 16.4. The van der Waals surface area contributed by atoms with Gasteiger partial charge in [-0.2, -0.15) is 0 Å². The summed E-state index contributed by atoms with van der Waals surface area (Å²) >= 11 is 1.49. The van der Waals surface area contributed by atoms with Crippen LogP contribution in [0.3, 0.4) is 0 Å². The Morgan fingerprint density at radius 3 is 2.74 bits per heavy atom. The molecular weight excluding hydrogens is 456 g/mol. The van der Waals surface area contributed by atoms with Gasteiger partial charge < -0.3 is 19.4 Å². The van der Waals surface area contributed by atoms with Gasteiger partial charge in [-0.3, -0.25) is 19.0 Å². The Labute approximate surface area is 198 Å². The Kier molecular flexibility index (Phi) is 5.93. The average molecular weight is 481 g/mol. The number of hydrogen-bond donors (Lipinski definition) is 1. The Balaban J connectivity index is 1.38. The fourth-order valence-corrected chi connectivity index (χ4v) is 5.07. The Morgan fingerprint density at radius 2 is 1.94 bits per heavy atom. The summed E-state index contributed by atoms with van der Waals surface area (Å²) in [6, 6.07) is 7.19. The SMILES string of the molecule is Cc1sc2ncn(CCC(=O)Nc3c(C(=O)N4CCOCC4)oc4ccccc34)c(=O)c2c1C. The van der Waals surface area contributed by atoms with E-state index in [0.717, 1.165) is 10.4 Å². The molecule has 0 radical (unpaired) electrons. The monoisotopic (exact) mass is 480 g/mol. The molecule has 176 valence electrons. The molecule has 1 aliphatic rings. The molecule has 1 fully saturated rings. The summed E-state index contributed by atoms with van der Waals surface area (Å²) < 4.78 is 12.6. The molecule has 1 saturated heterocycles. The quantitative estimate of drug-likeness (QED) is 0.470. The number of rotatable bonds is 5. The molecular formula is C24H24N4O5S. The molecule has 4 heterocycles. The van der Waals surface area contributed by atoms with E-state index in [-0.39, 0.29) is 36.1 Å². The zero-order valence-electron chi connectivity index (χ0n) is 18.9. The molecule has 34 heavy (non-hydrogen) atoms. The van der Waals surface area contributed by atoms with Crippen molar-refractivity contribution >= 4 is 50.0 Å². The highest BCUT2D eigenvalue weighted by Crippen LogP contribution is 2.32. The second-order valence-corrected chi connectivity index (χ2v) is 9.41. The van der Waals surface area contributed by atoms with Gasteiger partial charge >= 0.3 is 0 Å². The van der Waals surface area contributed by atoms with Gasteiger partial charge in [0.1, 0.15) is 16.1 Å². The number of furan rings is 1. The van der Waals surface area contributed by atoms with E-state index in [0.29, 0.717) is 53.2 Å². The third-order valence-electron chi connectivity index (χ3n) is 6.09. The average Bonchev–Trinajstić information content (AvgIpc) is 3.36. The van der Waals surface area contributed by atoms with Crippen LogP contribution in [-0.2, 0) is 16.1 Å². The van der Waals surface area contributed by atoms with Gasteiger partial charge in [-0.05, 0) is 31.5 Å². The third-order valence-corrected chi connectivity index (χ3v) is 7.20. The van der Waals surface area contributed by atoms with Crippen LogP contribution in [0, 0.1) is 13.8 Å². The number of hydrogen-bond acceptors (Lipinski definition) is 7. The van der Waals surface area contributed by atoms with Crippen LogP contribution in [0.15, 0.2) is 39.8 Å². The number of nitrogens with one attached hydrogen (secondary N) is 1. The van der Waals surface area contributed by atoms with Gasteiger partial charge in [-0.1, -0.05) is 12.1 Å². The lowest BCUT2D eigenvalue weighted by atomic mass is 10.2. The molecule has 1 aliphatic heterocycles. The minimum Gasteiger partial charge on any atom is -0.449 e. The largest absolute Gasteiger partial charge is 0.449 e. The number of fused-ring (bicyclic) bond motifs is 2. The molecule has 0 spiro atoms. The molecule has 0 bridgehead atoms. The molecule has 0 aliphatic carbocycles. The highest BCUT2D eigenvalue weighted by molar-refractivity contribution is 7.18. The molecule has 1 aromatic carbocycles. The first-order valence-electron chi connectivity index (χ1n) is 11.1. The van der Waals surface area contributed by atoms with Crippen molar-refractivity contribution in [2.24, 2.45) is 0 Å². The van der Waals surface area contributed by atoms with Crippen molar-refractivity contribution in [2.75, 3.05) is 31.6 Å². The second kappa shape index (κ2) is 9.03. The summed E-state index contributed by atoms with van der Waals surface area (Å²) in [5.41, 5.74) is 1.63. The van der Waals surface area contributed by atoms with Crippen LogP contribution in [0.5, 0.6) is 0 Å². The lowest BCUT2D eigenvalue weighted by Gasteiger charge is -2.26. The molecule has 1 N–H and O–H groups in total. The van der Waals surface area contributed by atoms with Crippen LogP contribution >= 0.6 is 11.3 Å². The number of anilines is 1. The zero-order valence-corrected chi connectivity index (χ0v) is 19.7. The second-order valence-electron chi connectivity index (χ2n) is 8.21. The standard InChI is InChI=1S/C24H24N4O5S/c1-14-15(2)34-22-19(14)23(30)28(13-25-22)8-7-18(29)26-20-16-5-3-4-6-17(16)33-21(20)24(31)27-9-11-32-12-10-27/h3-6,13H,7-12H2,1-2H3,(H,26,29). The van der Waals surface area contributed by atoms with Crippen molar-refractivity contribution in [3.63, 3.8) is 0 Å². The van der Waals surface area contributed by atoms with E-state index in [1.165, 1.54) is 22.2 Å². The van der Waals surface area contributed by atoms with Gasteiger partial charge in [0.05, 0.1) is 24.9 Å². The maximum absolute atomic E-state index is 13.1. The lowest BCUT2D eigenvalue weighted by Crippen LogP contribution is -2.40. The minimum absolute atomic E-state index is 0.0416. The van der Waals surface area contributed by atoms with Gasteiger partial charge in [-0.25, -0.2) is 4.98 Å². The van der Waals surface area contributed by atoms with Crippen molar-refractivity contribution in [1.29, 1.82) is 0 Å². The fourth-order valence-electron chi connectivity index (χ4n) is 4.08. The number of ether oxygens (including phenoxy) is 1. The topological polar surface area (TPSA) is 107 Å². The highest BCUT2D eigenvalue weighted by atomic mass is 32.1. The number of benzene rings is 1. The summed E-state index contributed by atoms with van der Waals surface area (Å²) in [7, 11) is 0. The van der Waals surface area contributed by atoms with E-state index >= 15 is 0 Å². The first kappa shape index (κ1) is 22.3. The molecule has 10 heteroatoms. The zero-order chi connectivity index (χ0) is 23.8. The van der Waals surface area contributed by atoms with Gasteiger partial charge in [0.2, 0.25) is 11.7 Å². The van der Waals surface area contributed by atoms with Crippen LogP contribution in [0.25, 0.3) is 21.2 Å². The number of carbonyl (C=O) groups excluding carboxylic acids is 2. The van der Waals surface area contributed by atoms with Gasteiger partial charge in [0.25, 0.3) is 11.5 Å². The van der Waals surface area contributed by atoms with Crippen LogP contribution in [0.1, 0.15) is 27.4 Å². The van der Waals surface area contributed by atoms with Crippen molar-refractivity contribution in [3.05, 3.63) is 57.1 Å². The van der Waals surface area contributed by atoms with Crippen molar-refractivity contribution in [3.8, 4) is 0 Å². The number of aromatic nitrogens is 2. The number of nitrogens with zero attached hydrogens (tertiary/aromatic N) is 3. The molecule has 0 unspecified atom stereocenters. The summed E-state index contributed by atoms with van der Waals surface area (Å²) in [6.45, 7) is 5.89. The number of thiophene rings is 1. The molecule has 0 saturated carbocycles. The van der Waals surface area contributed by atoms with Crippen LogP contribution in [0.2, 0.25) is 0 Å². The number of para-hydroxylation sites is 1. The summed E-state index contributed by atoms with van der Waals surface area (Å²) in [5.74, 6) is -0.516. The van der Waals surface area contributed by atoms with Crippen molar-refractivity contribution in [1.82, 2.24) is 14.5 Å². The van der Waals surface area contributed by atoms with Gasteiger partial charge in [0.15, 0.2) is 0 Å². The fraction of sp³-hybridized carbons (Fsp3) is 0.333. The van der Waals surface area contributed by atoms with E-state index in [9.17, 15) is 14.4 Å². The van der Waals surface area contributed by atoms with Crippen LogP contribution in [0.4, 0.5) is 5.69 Å². The normalized spacial score (nSPS) is 14.1. The molecule has 5 rings (SSSR count). The molecule has 4 aromatic rings. The molecule has 3 aromatic heterocycles. The Bertz CT molecular complexity index is 1460. The summed E-state index contributed by atoms with van der Waals surface area (Å²) in [4.78, 5) is 46.7. The van der Waals surface area contributed by atoms with Crippen LogP contribution in [-0.4, -0.2) is 52.6 Å². The van der Waals surface area contributed by atoms with Crippen molar-refractivity contribution in [2.45, 2.75) is 26.8 Å². The van der Waals surface area contributed by atoms with Crippen LogP contribution < -0.4 is 10.9 Å². The van der Waals surface area contributed by atoms with E-state index in [1.54, 1.807) is 17.0 Å². The first-order valence-corrected chi connectivity index (χ1v) is 11.9. The Morgan fingerprint density at radius 1 is 1.18 bits per heavy atom. The van der Waals surface area contributed by atoms with Gasteiger partial charge in [-0.15, -0.1) is 11.3 Å². The lowest BCUT2D eigenvalue weighted by molar-refractivity contribution is -0.116. The van der Waals surface area contributed by atoms with E-state index in [2.05, 4.69) is 10.3 Å². The maximum atomic E-state index is 13.1.